The molecule has 0 bridgehead atoms. The lowest BCUT2D eigenvalue weighted by molar-refractivity contribution is -0.114. The Bertz CT molecular complexity index is 946. The summed E-state index contributed by atoms with van der Waals surface area (Å²) in [7, 11) is 0. The van der Waals surface area contributed by atoms with Crippen LogP contribution in [-0.2, 0) is 11.2 Å². The maximum atomic E-state index is 11.3. The molecule has 0 atom stereocenters. The van der Waals surface area contributed by atoms with Crippen molar-refractivity contribution >= 4 is 34.9 Å². The molecule has 0 unspecified atom stereocenters. The van der Waals surface area contributed by atoms with Crippen molar-refractivity contribution in [2.45, 2.75) is 6.42 Å². The van der Waals surface area contributed by atoms with Gasteiger partial charge in [-0.25, -0.2) is 0 Å². The second-order valence-electron chi connectivity index (χ2n) is 5.23. The number of amides is 1. The van der Waals surface area contributed by atoms with Crippen molar-refractivity contribution in [3.63, 3.8) is 0 Å². The van der Waals surface area contributed by atoms with Gasteiger partial charge in [0.15, 0.2) is 0 Å². The van der Waals surface area contributed by atoms with Gasteiger partial charge in [-0.05, 0) is 32.3 Å². The molecule has 0 radical (unpaired) electrons. The van der Waals surface area contributed by atoms with E-state index in [1.807, 2.05) is 12.2 Å². The van der Waals surface area contributed by atoms with E-state index in [1.54, 1.807) is 0 Å². The zero-order chi connectivity index (χ0) is 13.7. The highest BCUT2D eigenvalue weighted by atomic mass is 16.1. The number of hydrogen-bond donors (Lipinski definition) is 1. The largest absolute Gasteiger partial charge is 0.366 e. The first-order chi connectivity index (χ1) is 9.74. The van der Waals surface area contributed by atoms with E-state index in [0.717, 1.165) is 0 Å². The van der Waals surface area contributed by atoms with E-state index in [4.69, 9.17) is 5.73 Å². The highest BCUT2D eigenvalue weighted by Crippen LogP contribution is 2.17. The molecule has 0 aromatic heterocycles. The van der Waals surface area contributed by atoms with E-state index in [2.05, 4.69) is 42.5 Å². The highest BCUT2D eigenvalue weighted by Gasteiger charge is 2.13. The van der Waals surface area contributed by atoms with Crippen molar-refractivity contribution in [1.82, 2.24) is 0 Å². The molecule has 2 aliphatic rings. The first-order valence-electron chi connectivity index (χ1n) is 6.68. The van der Waals surface area contributed by atoms with E-state index in [1.165, 1.54) is 32.3 Å². The molecule has 0 aliphatic heterocycles. The smallest absolute Gasteiger partial charge is 0.244 e. The van der Waals surface area contributed by atoms with Crippen LogP contribution in [0.1, 0.15) is 11.1 Å². The lowest BCUT2D eigenvalue weighted by Crippen LogP contribution is -2.23. The predicted molar refractivity (Wildman–Crippen MR) is 82.1 cm³/mol. The molecule has 96 valence electrons. The molecule has 2 nitrogen and oxygen atoms in total. The van der Waals surface area contributed by atoms with Gasteiger partial charge >= 0.3 is 0 Å². The van der Waals surface area contributed by atoms with Crippen molar-refractivity contribution < 1.29 is 4.79 Å². The second-order valence-corrected chi connectivity index (χ2v) is 5.23. The molecule has 0 heterocycles. The monoisotopic (exact) mass is 259 g/mol. The normalized spacial score (nSPS) is 15.1. The van der Waals surface area contributed by atoms with Crippen molar-refractivity contribution in [2.24, 2.45) is 5.73 Å². The first kappa shape index (κ1) is 11.2. The number of primary amides is 1. The maximum absolute atomic E-state index is 11.3. The van der Waals surface area contributed by atoms with Crippen molar-refractivity contribution in [2.75, 3.05) is 0 Å². The van der Waals surface area contributed by atoms with E-state index in [-0.39, 0.29) is 5.91 Å². The summed E-state index contributed by atoms with van der Waals surface area (Å²) in [4.78, 5) is 11.3. The first-order valence-corrected chi connectivity index (χ1v) is 6.68. The molecule has 2 aromatic carbocycles. The Morgan fingerprint density at radius 1 is 0.950 bits per heavy atom. The number of hydrogen-bond acceptors (Lipinski definition) is 1. The molecule has 2 heteroatoms. The number of rotatable bonds is 1. The van der Waals surface area contributed by atoms with E-state index < -0.39 is 0 Å². The van der Waals surface area contributed by atoms with Crippen molar-refractivity contribution in [1.29, 1.82) is 0 Å². The summed E-state index contributed by atoms with van der Waals surface area (Å²) >= 11 is 0. The minimum Gasteiger partial charge on any atom is -0.366 e. The van der Waals surface area contributed by atoms with Gasteiger partial charge in [-0.2, -0.15) is 0 Å². The third-order valence-corrected chi connectivity index (χ3v) is 4.10. The molecule has 0 saturated heterocycles. The summed E-state index contributed by atoms with van der Waals surface area (Å²) in [5, 5.41) is 4.98. The summed E-state index contributed by atoms with van der Waals surface area (Å²) in [6.07, 6.45) is 10.8. The standard InChI is InChI=1S/C18H13NO/c19-18(20)13-6-7-15-12(10-13)5-9-16-14-3-1-2-11(14)4-8-17(15)16/h1-9H,10H2,(H2,19,20). The molecule has 20 heavy (non-hydrogen) atoms. The fourth-order valence-electron chi connectivity index (χ4n) is 3.06. The molecule has 1 amide bonds. The average Bonchev–Trinajstić information content (AvgIpc) is 2.94. The fraction of sp³-hybridized carbons (Fsp3) is 0.0556. The Morgan fingerprint density at radius 3 is 2.60 bits per heavy atom. The minimum absolute atomic E-state index is 0.335. The summed E-state index contributed by atoms with van der Waals surface area (Å²) in [5.41, 5.74) is 8.47. The molecule has 2 aromatic rings. The Hall–Kier alpha value is -2.61. The number of allylic oxidation sites excluding steroid dienone is 2. The molecule has 0 fully saturated rings. The van der Waals surface area contributed by atoms with Crippen LogP contribution in [0.15, 0.2) is 42.0 Å². The van der Waals surface area contributed by atoms with E-state index in [9.17, 15) is 4.79 Å². The summed E-state index contributed by atoms with van der Waals surface area (Å²) in [6.45, 7) is 0. The topological polar surface area (TPSA) is 43.1 Å². The lowest BCUT2D eigenvalue weighted by atomic mass is 9.92. The second kappa shape index (κ2) is 3.94. The fourth-order valence-corrected chi connectivity index (χ4v) is 3.06. The minimum atomic E-state index is -0.335. The Labute approximate surface area is 116 Å². The number of benzene rings is 2. The van der Waals surface area contributed by atoms with E-state index in [0.29, 0.717) is 12.0 Å². The molecular weight excluding hydrogens is 246 g/mol. The van der Waals surface area contributed by atoms with Crippen LogP contribution in [0, 0.1) is 0 Å². The quantitative estimate of drug-likeness (QED) is 0.826. The van der Waals surface area contributed by atoms with Crippen LogP contribution in [0.3, 0.4) is 0 Å². The van der Waals surface area contributed by atoms with Crippen LogP contribution in [0.4, 0.5) is 0 Å². The van der Waals surface area contributed by atoms with Crippen LogP contribution in [0.5, 0.6) is 0 Å². The number of nitrogens with two attached hydrogens (primary N) is 1. The van der Waals surface area contributed by atoms with Gasteiger partial charge in [0.25, 0.3) is 0 Å². The number of fused-ring (bicyclic) bond motifs is 5. The number of carbonyl (C=O) groups excluding carboxylic acids is 1. The van der Waals surface area contributed by atoms with Gasteiger partial charge in [0.2, 0.25) is 5.91 Å². The van der Waals surface area contributed by atoms with Crippen LogP contribution >= 0.6 is 0 Å². The Kier molecular flexibility index (Phi) is 2.21. The zero-order valence-electron chi connectivity index (χ0n) is 10.9. The molecule has 0 saturated carbocycles. The SMILES string of the molecule is NC(=O)C1=CC=c2c(ccc3c4c(ccc23)C=CC=4)C1. The van der Waals surface area contributed by atoms with Gasteiger partial charge < -0.3 is 5.73 Å². The van der Waals surface area contributed by atoms with Crippen molar-refractivity contribution in [3.8, 4) is 0 Å². The van der Waals surface area contributed by atoms with Gasteiger partial charge in [-0.1, -0.05) is 54.6 Å². The zero-order valence-corrected chi connectivity index (χ0v) is 10.9. The van der Waals surface area contributed by atoms with Crippen LogP contribution in [-0.4, -0.2) is 5.91 Å². The molecular formula is C18H13NO. The Balaban J connectivity index is 2.08. The predicted octanol–water partition coefficient (Wildman–Crippen LogP) is 1.40. The summed E-state index contributed by atoms with van der Waals surface area (Å²) < 4.78 is 0. The Morgan fingerprint density at radius 2 is 1.75 bits per heavy atom. The summed E-state index contributed by atoms with van der Waals surface area (Å²) in [6, 6.07) is 8.57. The summed E-state index contributed by atoms with van der Waals surface area (Å²) in [5.74, 6) is -0.335. The van der Waals surface area contributed by atoms with Gasteiger partial charge in [0.1, 0.15) is 0 Å². The van der Waals surface area contributed by atoms with Crippen LogP contribution in [0.25, 0.3) is 29.0 Å². The van der Waals surface area contributed by atoms with Crippen LogP contribution in [0.2, 0.25) is 0 Å². The third kappa shape index (κ3) is 1.48. The van der Waals surface area contributed by atoms with Gasteiger partial charge in [-0.3, -0.25) is 4.79 Å². The van der Waals surface area contributed by atoms with E-state index >= 15 is 0 Å². The highest BCUT2D eigenvalue weighted by molar-refractivity contribution is 5.96. The average molecular weight is 259 g/mol. The van der Waals surface area contributed by atoms with Gasteiger partial charge in [0.05, 0.1) is 0 Å². The lowest BCUT2D eigenvalue weighted by Gasteiger charge is -2.12. The van der Waals surface area contributed by atoms with Gasteiger partial charge in [0, 0.05) is 12.0 Å². The van der Waals surface area contributed by atoms with Gasteiger partial charge in [-0.15, -0.1) is 0 Å². The molecule has 0 spiro atoms. The molecule has 2 N–H and O–H groups in total. The van der Waals surface area contributed by atoms with Crippen LogP contribution < -0.4 is 16.2 Å². The molecule has 4 rings (SSSR count). The molecule has 2 aliphatic carbocycles. The van der Waals surface area contributed by atoms with Crippen molar-refractivity contribution in [3.05, 3.63) is 63.6 Å². The maximum Gasteiger partial charge on any atom is 0.244 e. The number of carbonyl (C=O) groups is 1. The third-order valence-electron chi connectivity index (χ3n) is 4.10.